The predicted molar refractivity (Wildman–Crippen MR) is 117 cm³/mol. The summed E-state index contributed by atoms with van der Waals surface area (Å²) < 4.78 is 11.1. The Morgan fingerprint density at radius 3 is 2.83 bits per heavy atom. The van der Waals surface area contributed by atoms with Crippen LogP contribution in [0.25, 0.3) is 11.1 Å². The van der Waals surface area contributed by atoms with E-state index < -0.39 is 0 Å². The van der Waals surface area contributed by atoms with Crippen molar-refractivity contribution < 1.29 is 13.9 Å². The van der Waals surface area contributed by atoms with Gasteiger partial charge in [-0.05, 0) is 62.2 Å². The second kappa shape index (κ2) is 9.30. The van der Waals surface area contributed by atoms with E-state index in [1.54, 1.807) is 19.2 Å². The van der Waals surface area contributed by atoms with E-state index in [-0.39, 0.29) is 5.91 Å². The zero-order valence-electron chi connectivity index (χ0n) is 17.7. The molecular weight excluding hydrogens is 378 g/mol. The molecule has 1 fully saturated rings. The van der Waals surface area contributed by atoms with Crippen molar-refractivity contribution in [3.8, 4) is 5.75 Å². The molecule has 0 aliphatic carbocycles. The second-order valence-electron chi connectivity index (χ2n) is 7.95. The largest absolute Gasteiger partial charge is 0.497 e. The molecule has 6 nitrogen and oxygen atoms in total. The molecule has 0 radical (unpaired) electrons. The zero-order chi connectivity index (χ0) is 20.9. The first-order chi connectivity index (χ1) is 14.6. The van der Waals surface area contributed by atoms with E-state index in [0.29, 0.717) is 36.0 Å². The number of fused-ring (bicyclic) bond motifs is 1. The van der Waals surface area contributed by atoms with Crippen molar-refractivity contribution in [3.05, 3.63) is 59.5 Å². The fourth-order valence-electron chi connectivity index (χ4n) is 4.01. The molecule has 1 aromatic heterocycles. The van der Waals surface area contributed by atoms with Gasteiger partial charge in [-0.25, -0.2) is 4.98 Å². The number of likely N-dealkylation sites (tertiary alicyclic amines) is 1. The molecular formula is C24H29N3O3. The van der Waals surface area contributed by atoms with Crippen LogP contribution in [-0.2, 0) is 6.42 Å². The summed E-state index contributed by atoms with van der Waals surface area (Å²) in [4.78, 5) is 19.6. The third-order valence-electron chi connectivity index (χ3n) is 5.83. The van der Waals surface area contributed by atoms with Gasteiger partial charge < -0.3 is 14.5 Å². The number of carbonyl (C=O) groups is 1. The standard InChI is InChI=1S/C24H29N3O3/c1-17-5-3-4-13-27(17)14-12-25-24(28)19-8-11-21-22(16-19)30-23(26-21)15-18-6-9-20(29-2)10-7-18/h6-11,16-17H,3-5,12-15H2,1-2H3,(H,25,28)/t17-/m0/s1. The summed E-state index contributed by atoms with van der Waals surface area (Å²) in [5, 5.41) is 3.03. The highest BCUT2D eigenvalue weighted by Gasteiger charge is 2.18. The van der Waals surface area contributed by atoms with Crippen LogP contribution in [0.4, 0.5) is 0 Å². The fraction of sp³-hybridized carbons (Fsp3) is 0.417. The number of amides is 1. The number of piperidine rings is 1. The number of carbonyl (C=O) groups excluding carboxylic acids is 1. The molecule has 30 heavy (non-hydrogen) atoms. The first-order valence-electron chi connectivity index (χ1n) is 10.7. The van der Waals surface area contributed by atoms with E-state index in [1.807, 2.05) is 30.3 Å². The van der Waals surface area contributed by atoms with Gasteiger partial charge in [0.15, 0.2) is 11.5 Å². The summed E-state index contributed by atoms with van der Waals surface area (Å²) in [6, 6.07) is 13.9. The van der Waals surface area contributed by atoms with Crippen LogP contribution in [0, 0.1) is 0 Å². The highest BCUT2D eigenvalue weighted by Crippen LogP contribution is 2.21. The number of hydrogen-bond acceptors (Lipinski definition) is 5. The Morgan fingerprint density at radius 2 is 2.07 bits per heavy atom. The van der Waals surface area contributed by atoms with Crippen LogP contribution < -0.4 is 10.1 Å². The molecule has 0 unspecified atom stereocenters. The lowest BCUT2D eigenvalue weighted by Crippen LogP contribution is -2.42. The zero-order valence-corrected chi connectivity index (χ0v) is 17.7. The lowest BCUT2D eigenvalue weighted by atomic mass is 10.0. The second-order valence-corrected chi connectivity index (χ2v) is 7.95. The van der Waals surface area contributed by atoms with Crippen molar-refractivity contribution in [1.29, 1.82) is 0 Å². The van der Waals surface area contributed by atoms with E-state index in [0.717, 1.165) is 29.9 Å². The van der Waals surface area contributed by atoms with Crippen molar-refractivity contribution >= 4 is 17.0 Å². The van der Waals surface area contributed by atoms with Crippen molar-refractivity contribution in [3.63, 3.8) is 0 Å². The van der Waals surface area contributed by atoms with E-state index in [4.69, 9.17) is 9.15 Å². The summed E-state index contributed by atoms with van der Waals surface area (Å²) in [5.74, 6) is 1.38. The number of nitrogens with zero attached hydrogens (tertiary/aromatic N) is 2. The molecule has 2 aromatic carbocycles. The summed E-state index contributed by atoms with van der Waals surface area (Å²) in [5.41, 5.74) is 3.08. The lowest BCUT2D eigenvalue weighted by molar-refractivity contribution is 0.0938. The van der Waals surface area contributed by atoms with Crippen LogP contribution >= 0.6 is 0 Å². The SMILES string of the molecule is COc1ccc(Cc2nc3ccc(C(=O)NCCN4CCCC[C@@H]4C)cc3o2)cc1. The first-order valence-corrected chi connectivity index (χ1v) is 10.7. The maximum absolute atomic E-state index is 12.6. The summed E-state index contributed by atoms with van der Waals surface area (Å²) in [7, 11) is 1.65. The van der Waals surface area contributed by atoms with E-state index in [2.05, 4.69) is 22.1 Å². The molecule has 4 rings (SSSR count). The highest BCUT2D eigenvalue weighted by molar-refractivity contribution is 5.97. The molecule has 1 aliphatic rings. The van der Waals surface area contributed by atoms with Gasteiger partial charge in [-0.15, -0.1) is 0 Å². The quantitative estimate of drug-likeness (QED) is 0.640. The monoisotopic (exact) mass is 407 g/mol. The smallest absolute Gasteiger partial charge is 0.251 e. The molecule has 1 N–H and O–H groups in total. The Kier molecular flexibility index (Phi) is 6.33. The molecule has 1 saturated heterocycles. The Hall–Kier alpha value is -2.86. The Bertz CT molecular complexity index is 997. The molecule has 1 aliphatic heterocycles. The summed E-state index contributed by atoms with van der Waals surface area (Å²) in [6.45, 7) is 4.93. The number of hydrogen-bond donors (Lipinski definition) is 1. The maximum Gasteiger partial charge on any atom is 0.251 e. The van der Waals surface area contributed by atoms with Gasteiger partial charge in [0.05, 0.1) is 7.11 Å². The number of rotatable bonds is 7. The molecule has 2 heterocycles. The number of oxazole rings is 1. The van der Waals surface area contributed by atoms with Crippen LogP contribution in [0.2, 0.25) is 0 Å². The fourth-order valence-corrected chi connectivity index (χ4v) is 4.01. The molecule has 1 amide bonds. The third-order valence-corrected chi connectivity index (χ3v) is 5.83. The number of aromatic nitrogens is 1. The highest BCUT2D eigenvalue weighted by atomic mass is 16.5. The van der Waals surface area contributed by atoms with Crippen LogP contribution in [0.3, 0.4) is 0 Å². The van der Waals surface area contributed by atoms with E-state index >= 15 is 0 Å². The number of nitrogens with one attached hydrogen (secondary N) is 1. The minimum Gasteiger partial charge on any atom is -0.497 e. The van der Waals surface area contributed by atoms with Crippen molar-refractivity contribution in [2.45, 2.75) is 38.6 Å². The van der Waals surface area contributed by atoms with Crippen molar-refractivity contribution in [2.75, 3.05) is 26.7 Å². The van der Waals surface area contributed by atoms with Gasteiger partial charge in [0.2, 0.25) is 0 Å². The lowest BCUT2D eigenvalue weighted by Gasteiger charge is -2.33. The number of ether oxygens (including phenoxy) is 1. The Morgan fingerprint density at radius 1 is 1.23 bits per heavy atom. The van der Waals surface area contributed by atoms with Crippen LogP contribution in [0.15, 0.2) is 46.9 Å². The first kappa shape index (κ1) is 20.4. The number of methoxy groups -OCH3 is 1. The van der Waals surface area contributed by atoms with Crippen LogP contribution in [-0.4, -0.2) is 48.6 Å². The van der Waals surface area contributed by atoms with Gasteiger partial charge in [-0.1, -0.05) is 18.6 Å². The summed E-state index contributed by atoms with van der Waals surface area (Å²) in [6.07, 6.45) is 4.39. The van der Waals surface area contributed by atoms with Crippen molar-refractivity contribution in [1.82, 2.24) is 15.2 Å². The van der Waals surface area contributed by atoms with Gasteiger partial charge in [0.25, 0.3) is 5.91 Å². The number of benzene rings is 2. The molecule has 158 valence electrons. The average molecular weight is 408 g/mol. The average Bonchev–Trinajstić information content (AvgIpc) is 3.17. The summed E-state index contributed by atoms with van der Waals surface area (Å²) >= 11 is 0. The van der Waals surface area contributed by atoms with Gasteiger partial charge in [-0.2, -0.15) is 0 Å². The predicted octanol–water partition coefficient (Wildman–Crippen LogP) is 4.03. The van der Waals surface area contributed by atoms with Crippen LogP contribution in [0.5, 0.6) is 5.75 Å². The van der Waals surface area contributed by atoms with Crippen LogP contribution in [0.1, 0.15) is 48.0 Å². The van der Waals surface area contributed by atoms with Crippen molar-refractivity contribution in [2.24, 2.45) is 0 Å². The van der Waals surface area contributed by atoms with Gasteiger partial charge in [0, 0.05) is 31.1 Å². The Balaban J connectivity index is 1.37. The molecule has 1 atom stereocenters. The molecule has 6 heteroatoms. The molecule has 0 saturated carbocycles. The molecule has 0 bridgehead atoms. The van der Waals surface area contributed by atoms with E-state index in [9.17, 15) is 4.79 Å². The third kappa shape index (κ3) is 4.82. The normalized spacial score (nSPS) is 17.2. The topological polar surface area (TPSA) is 67.6 Å². The molecule has 3 aromatic rings. The maximum atomic E-state index is 12.6. The van der Waals surface area contributed by atoms with Gasteiger partial charge in [-0.3, -0.25) is 9.69 Å². The minimum absolute atomic E-state index is 0.0744. The van der Waals surface area contributed by atoms with Gasteiger partial charge >= 0.3 is 0 Å². The van der Waals surface area contributed by atoms with E-state index in [1.165, 1.54) is 19.3 Å². The van der Waals surface area contributed by atoms with Gasteiger partial charge in [0.1, 0.15) is 11.3 Å². The minimum atomic E-state index is -0.0744. The molecule has 0 spiro atoms. The Labute approximate surface area is 177 Å².